The van der Waals surface area contributed by atoms with Crippen molar-refractivity contribution in [1.82, 2.24) is 20.3 Å². The number of hydrogen-bond acceptors (Lipinski definition) is 8. The second-order valence-electron chi connectivity index (χ2n) is 6.94. The van der Waals surface area contributed by atoms with Crippen LogP contribution in [0.3, 0.4) is 0 Å². The number of aromatic amines is 1. The van der Waals surface area contributed by atoms with Crippen LogP contribution in [-0.4, -0.2) is 60.4 Å². The van der Waals surface area contributed by atoms with E-state index in [1.807, 2.05) is 11.0 Å². The summed E-state index contributed by atoms with van der Waals surface area (Å²) in [6.45, 7) is 4.41. The Morgan fingerprint density at radius 2 is 2.18 bits per heavy atom. The molecule has 0 spiro atoms. The summed E-state index contributed by atoms with van der Waals surface area (Å²) in [4.78, 5) is 26.9. The van der Waals surface area contributed by atoms with Gasteiger partial charge in [-0.3, -0.25) is 14.8 Å². The van der Waals surface area contributed by atoms with E-state index < -0.39 is 0 Å². The van der Waals surface area contributed by atoms with E-state index in [9.17, 15) is 4.79 Å². The molecule has 28 heavy (non-hydrogen) atoms. The lowest BCUT2D eigenvalue weighted by atomic mass is 10.1. The van der Waals surface area contributed by atoms with Gasteiger partial charge in [0.15, 0.2) is 0 Å². The summed E-state index contributed by atoms with van der Waals surface area (Å²) in [6.07, 6.45) is 3.55. The van der Waals surface area contributed by atoms with Crippen LogP contribution < -0.4 is 21.1 Å². The molecule has 3 N–H and O–H groups in total. The molecule has 2 aromatic heterocycles. The van der Waals surface area contributed by atoms with Crippen LogP contribution in [0, 0.1) is 11.3 Å². The Kier molecular flexibility index (Phi) is 5.50. The molecule has 0 bridgehead atoms. The summed E-state index contributed by atoms with van der Waals surface area (Å²) in [5, 5.41) is 15.8. The Morgan fingerprint density at radius 3 is 2.86 bits per heavy atom. The Morgan fingerprint density at radius 1 is 1.32 bits per heavy atom. The molecule has 9 nitrogen and oxygen atoms in total. The SMILES string of the molecule is N#Cc1ccc(-c2c(N[C@@H]3CCCNC3)nc(N3CCOCC3)[nH]c2=O)nc1. The van der Waals surface area contributed by atoms with Crippen molar-refractivity contribution in [2.24, 2.45) is 0 Å². The lowest BCUT2D eigenvalue weighted by Gasteiger charge is -2.29. The van der Waals surface area contributed by atoms with Gasteiger partial charge in [0, 0.05) is 31.9 Å². The molecule has 9 heteroatoms. The van der Waals surface area contributed by atoms with Crippen LogP contribution in [0.4, 0.5) is 11.8 Å². The highest BCUT2D eigenvalue weighted by molar-refractivity contribution is 5.73. The predicted molar refractivity (Wildman–Crippen MR) is 105 cm³/mol. The minimum atomic E-state index is -0.250. The molecule has 2 aliphatic heterocycles. The number of hydrogen-bond donors (Lipinski definition) is 3. The maximum Gasteiger partial charge on any atom is 0.263 e. The fourth-order valence-corrected chi connectivity index (χ4v) is 3.50. The van der Waals surface area contributed by atoms with Gasteiger partial charge in [-0.15, -0.1) is 0 Å². The second kappa shape index (κ2) is 8.37. The van der Waals surface area contributed by atoms with Gasteiger partial charge in [-0.1, -0.05) is 0 Å². The Hall–Kier alpha value is -2.96. The third kappa shape index (κ3) is 3.98. The minimum Gasteiger partial charge on any atom is -0.378 e. The van der Waals surface area contributed by atoms with Gasteiger partial charge < -0.3 is 20.3 Å². The molecule has 1 atom stereocenters. The van der Waals surface area contributed by atoms with Crippen LogP contribution in [-0.2, 0) is 4.74 Å². The number of rotatable bonds is 4. The van der Waals surface area contributed by atoms with Gasteiger partial charge in [-0.2, -0.15) is 10.2 Å². The van der Waals surface area contributed by atoms with Crippen molar-refractivity contribution < 1.29 is 4.74 Å². The molecule has 2 fully saturated rings. The third-order valence-electron chi connectivity index (χ3n) is 5.00. The Balaban J connectivity index is 1.73. The topological polar surface area (TPSA) is 119 Å². The molecule has 2 saturated heterocycles. The highest BCUT2D eigenvalue weighted by Crippen LogP contribution is 2.24. The smallest absolute Gasteiger partial charge is 0.263 e. The van der Waals surface area contributed by atoms with Crippen LogP contribution in [0.5, 0.6) is 0 Å². The largest absolute Gasteiger partial charge is 0.378 e. The normalized spacial score (nSPS) is 19.8. The number of nitrogens with one attached hydrogen (secondary N) is 3. The molecule has 4 heterocycles. The first-order valence-corrected chi connectivity index (χ1v) is 9.55. The van der Waals surface area contributed by atoms with E-state index in [1.54, 1.807) is 12.1 Å². The number of ether oxygens (including phenoxy) is 1. The van der Waals surface area contributed by atoms with Crippen molar-refractivity contribution in [3.8, 4) is 17.3 Å². The van der Waals surface area contributed by atoms with Crippen LogP contribution in [0.1, 0.15) is 18.4 Å². The van der Waals surface area contributed by atoms with E-state index >= 15 is 0 Å². The predicted octanol–water partition coefficient (Wildman–Crippen LogP) is 0.704. The van der Waals surface area contributed by atoms with Gasteiger partial charge in [0.2, 0.25) is 5.95 Å². The zero-order valence-electron chi connectivity index (χ0n) is 15.6. The lowest BCUT2D eigenvalue weighted by molar-refractivity contribution is 0.122. The van der Waals surface area contributed by atoms with Gasteiger partial charge in [-0.25, -0.2) is 0 Å². The highest BCUT2D eigenvalue weighted by Gasteiger charge is 2.22. The van der Waals surface area contributed by atoms with Crippen molar-refractivity contribution >= 4 is 11.8 Å². The monoisotopic (exact) mass is 381 g/mol. The number of anilines is 2. The Bertz CT molecular complexity index is 907. The number of pyridine rings is 1. The summed E-state index contributed by atoms with van der Waals surface area (Å²) in [5.74, 6) is 1.06. The molecule has 0 amide bonds. The molecular weight excluding hydrogens is 358 g/mol. The summed E-state index contributed by atoms with van der Waals surface area (Å²) in [6, 6.07) is 5.58. The van der Waals surface area contributed by atoms with Gasteiger partial charge in [0.05, 0.1) is 24.5 Å². The molecular formula is C19H23N7O2. The summed E-state index contributed by atoms with van der Waals surface area (Å²) < 4.78 is 5.40. The molecule has 0 unspecified atom stereocenters. The van der Waals surface area contributed by atoms with E-state index in [1.165, 1.54) is 6.20 Å². The van der Waals surface area contributed by atoms with Crippen molar-refractivity contribution in [3.05, 3.63) is 34.2 Å². The zero-order valence-corrected chi connectivity index (χ0v) is 15.6. The first-order chi connectivity index (χ1) is 13.7. The first-order valence-electron chi connectivity index (χ1n) is 9.55. The Labute approximate surface area is 162 Å². The van der Waals surface area contributed by atoms with E-state index in [0.29, 0.717) is 54.9 Å². The lowest BCUT2D eigenvalue weighted by Crippen LogP contribution is -2.40. The number of morpholine rings is 1. The van der Waals surface area contributed by atoms with E-state index in [2.05, 4.69) is 20.6 Å². The van der Waals surface area contributed by atoms with Crippen molar-refractivity contribution in [2.75, 3.05) is 49.6 Å². The molecule has 0 aromatic carbocycles. The minimum absolute atomic E-state index is 0.192. The quantitative estimate of drug-likeness (QED) is 0.708. The fourth-order valence-electron chi connectivity index (χ4n) is 3.50. The summed E-state index contributed by atoms with van der Waals surface area (Å²) in [7, 11) is 0. The van der Waals surface area contributed by atoms with Crippen molar-refractivity contribution in [2.45, 2.75) is 18.9 Å². The first kappa shape index (κ1) is 18.4. The van der Waals surface area contributed by atoms with E-state index in [0.717, 1.165) is 25.9 Å². The number of H-pyrrole nitrogens is 1. The second-order valence-corrected chi connectivity index (χ2v) is 6.94. The fraction of sp³-hybridized carbons (Fsp3) is 0.474. The molecule has 2 aromatic rings. The third-order valence-corrected chi connectivity index (χ3v) is 5.00. The number of aromatic nitrogens is 3. The molecule has 2 aliphatic rings. The van der Waals surface area contributed by atoms with E-state index in [-0.39, 0.29) is 11.6 Å². The van der Waals surface area contributed by atoms with Gasteiger partial charge >= 0.3 is 0 Å². The molecule has 0 saturated carbocycles. The van der Waals surface area contributed by atoms with Gasteiger partial charge in [0.1, 0.15) is 17.5 Å². The number of nitriles is 1. The van der Waals surface area contributed by atoms with Gasteiger partial charge in [0.25, 0.3) is 5.56 Å². The average molecular weight is 381 g/mol. The van der Waals surface area contributed by atoms with Crippen LogP contribution in [0.15, 0.2) is 23.1 Å². The standard InChI is InChI=1S/C19H23N7O2/c20-10-13-3-4-15(22-11-13)16-17(23-14-2-1-5-21-12-14)24-19(25-18(16)27)26-6-8-28-9-7-26/h3-4,11,14,21H,1-2,5-9,12H2,(H2,23,24,25,27)/t14-/m1/s1. The van der Waals surface area contributed by atoms with Crippen molar-refractivity contribution in [3.63, 3.8) is 0 Å². The molecule has 4 rings (SSSR count). The van der Waals surface area contributed by atoms with Crippen LogP contribution >= 0.6 is 0 Å². The molecule has 0 radical (unpaired) electrons. The number of nitrogens with zero attached hydrogens (tertiary/aromatic N) is 4. The van der Waals surface area contributed by atoms with Crippen LogP contribution in [0.25, 0.3) is 11.3 Å². The van der Waals surface area contributed by atoms with Crippen molar-refractivity contribution in [1.29, 1.82) is 5.26 Å². The molecule has 0 aliphatic carbocycles. The summed E-state index contributed by atoms with van der Waals surface area (Å²) >= 11 is 0. The van der Waals surface area contributed by atoms with Gasteiger partial charge in [-0.05, 0) is 31.5 Å². The molecule has 146 valence electrons. The maximum atomic E-state index is 13.0. The van der Waals surface area contributed by atoms with E-state index in [4.69, 9.17) is 15.0 Å². The average Bonchev–Trinajstić information content (AvgIpc) is 2.75. The maximum absolute atomic E-state index is 13.0. The van der Waals surface area contributed by atoms with Crippen LogP contribution in [0.2, 0.25) is 0 Å². The zero-order chi connectivity index (χ0) is 19.3. The number of piperidine rings is 1. The highest BCUT2D eigenvalue weighted by atomic mass is 16.5. The summed E-state index contributed by atoms with van der Waals surface area (Å²) in [5.41, 5.74) is 1.09.